The van der Waals surface area contributed by atoms with E-state index in [9.17, 15) is 18.3 Å². The smallest absolute Gasteiger partial charge is 0.168 e. The molecule has 4 aromatic rings. The molecule has 0 aliphatic heterocycles. The van der Waals surface area contributed by atoms with Gasteiger partial charge >= 0.3 is 0 Å². The van der Waals surface area contributed by atoms with E-state index in [0.717, 1.165) is 5.56 Å². The van der Waals surface area contributed by atoms with Crippen LogP contribution in [0, 0.1) is 17.5 Å². The maximum absolute atomic E-state index is 15.0. The van der Waals surface area contributed by atoms with E-state index < -0.39 is 23.6 Å². The largest absolute Gasteiger partial charge is 0.489 e. The third-order valence-corrected chi connectivity index (χ3v) is 5.72. The van der Waals surface area contributed by atoms with Gasteiger partial charge in [0.1, 0.15) is 19.0 Å². The van der Waals surface area contributed by atoms with Crippen LogP contribution in [0.4, 0.5) is 13.2 Å². The monoisotopic (exact) mass is 490 g/mol. The van der Waals surface area contributed by atoms with Crippen molar-refractivity contribution in [3.05, 3.63) is 120 Å². The van der Waals surface area contributed by atoms with Crippen LogP contribution in [0.1, 0.15) is 24.2 Å². The van der Waals surface area contributed by atoms with Gasteiger partial charge in [-0.25, -0.2) is 13.2 Å². The lowest BCUT2D eigenvalue weighted by atomic mass is 9.97. The van der Waals surface area contributed by atoms with Gasteiger partial charge in [-0.1, -0.05) is 73.3 Å². The Morgan fingerprint density at radius 3 is 1.92 bits per heavy atom. The molecule has 1 atom stereocenters. The Hall–Kier alpha value is -4.03. The van der Waals surface area contributed by atoms with Gasteiger partial charge in [0.25, 0.3) is 0 Å². The Balaban J connectivity index is 1.46. The van der Waals surface area contributed by atoms with E-state index in [0.29, 0.717) is 22.4 Å². The molecule has 1 N–H and O–H groups in total. The topological polar surface area (TPSA) is 38.7 Å². The van der Waals surface area contributed by atoms with Crippen molar-refractivity contribution in [1.29, 1.82) is 0 Å². The number of ether oxygens (including phenoxy) is 2. The van der Waals surface area contributed by atoms with Crippen LogP contribution in [0.3, 0.4) is 0 Å². The summed E-state index contributed by atoms with van der Waals surface area (Å²) in [6.45, 7) is 5.56. The summed E-state index contributed by atoms with van der Waals surface area (Å²) in [5, 5.41) is 9.64. The second-order valence-electron chi connectivity index (χ2n) is 8.26. The van der Waals surface area contributed by atoms with Crippen molar-refractivity contribution in [3.63, 3.8) is 0 Å². The molecule has 0 heterocycles. The molecule has 4 aromatic carbocycles. The summed E-state index contributed by atoms with van der Waals surface area (Å²) in [6.07, 6.45) is 0.927. The third-order valence-electron chi connectivity index (χ3n) is 5.72. The summed E-state index contributed by atoms with van der Waals surface area (Å²) in [4.78, 5) is 0. The average Bonchev–Trinajstić information content (AvgIpc) is 2.89. The molecule has 0 aliphatic rings. The van der Waals surface area contributed by atoms with Gasteiger partial charge in [-0.3, -0.25) is 0 Å². The lowest BCUT2D eigenvalue weighted by Gasteiger charge is -2.12. The highest BCUT2D eigenvalue weighted by Gasteiger charge is 2.16. The number of halogens is 3. The first-order chi connectivity index (χ1) is 17.4. The average molecular weight is 491 g/mol. The molecule has 0 spiro atoms. The minimum absolute atomic E-state index is 0.0789. The maximum atomic E-state index is 15.0. The second kappa shape index (κ2) is 11.1. The summed E-state index contributed by atoms with van der Waals surface area (Å²) in [6, 6.07) is 20.8. The molecule has 0 radical (unpaired) electrons. The van der Waals surface area contributed by atoms with E-state index in [-0.39, 0.29) is 30.1 Å². The van der Waals surface area contributed by atoms with Crippen molar-refractivity contribution in [1.82, 2.24) is 0 Å². The van der Waals surface area contributed by atoms with Crippen LogP contribution in [0.25, 0.3) is 22.3 Å². The zero-order valence-electron chi connectivity index (χ0n) is 19.7. The van der Waals surface area contributed by atoms with Crippen LogP contribution in [0.15, 0.2) is 91.5 Å². The Labute approximate surface area is 208 Å². The second-order valence-corrected chi connectivity index (χ2v) is 8.26. The summed E-state index contributed by atoms with van der Waals surface area (Å²) < 4.78 is 55.0. The molecule has 1 unspecified atom stereocenters. The maximum Gasteiger partial charge on any atom is 0.168 e. The Bertz CT molecular complexity index is 1350. The molecule has 3 nitrogen and oxygen atoms in total. The van der Waals surface area contributed by atoms with E-state index in [2.05, 4.69) is 6.58 Å². The number of aliphatic hydroxyl groups excluding tert-OH is 1. The lowest BCUT2D eigenvalue weighted by Crippen LogP contribution is -1.99. The molecule has 0 aliphatic carbocycles. The first-order valence-electron chi connectivity index (χ1n) is 11.4. The third kappa shape index (κ3) is 5.61. The number of hydrogen-bond acceptors (Lipinski definition) is 3. The number of aliphatic hydroxyl groups is 1. The normalized spacial score (nSPS) is 11.7. The highest BCUT2D eigenvalue weighted by molar-refractivity contribution is 5.72. The van der Waals surface area contributed by atoms with Crippen LogP contribution in [-0.4, -0.2) is 11.7 Å². The van der Waals surface area contributed by atoms with Gasteiger partial charge in [0.15, 0.2) is 23.2 Å². The fraction of sp³-hybridized carbons (Fsp3) is 0.133. The van der Waals surface area contributed by atoms with Gasteiger partial charge in [0.05, 0.1) is 6.10 Å². The van der Waals surface area contributed by atoms with Crippen LogP contribution in [0.5, 0.6) is 11.5 Å². The van der Waals surface area contributed by atoms with Gasteiger partial charge in [-0.15, -0.1) is 0 Å². The predicted molar refractivity (Wildman–Crippen MR) is 134 cm³/mol. The first kappa shape index (κ1) is 25.1. The van der Waals surface area contributed by atoms with E-state index in [1.54, 1.807) is 67.6 Å². The number of rotatable bonds is 9. The van der Waals surface area contributed by atoms with Gasteiger partial charge in [0, 0.05) is 17.2 Å². The minimum atomic E-state index is -0.947. The zero-order chi connectivity index (χ0) is 25.7. The molecular weight excluding hydrogens is 465 g/mol. The molecule has 6 heteroatoms. The lowest BCUT2D eigenvalue weighted by molar-refractivity contribution is 0.199. The molecule has 0 saturated heterocycles. The Morgan fingerprint density at radius 2 is 1.39 bits per heavy atom. The van der Waals surface area contributed by atoms with Crippen LogP contribution in [0.2, 0.25) is 0 Å². The van der Waals surface area contributed by atoms with Gasteiger partial charge < -0.3 is 14.6 Å². The van der Waals surface area contributed by atoms with Crippen LogP contribution in [-0.2, 0) is 6.61 Å². The number of hydrogen-bond donors (Lipinski definition) is 1. The van der Waals surface area contributed by atoms with Crippen LogP contribution >= 0.6 is 0 Å². The number of benzene rings is 4. The standard InChI is InChI=1S/C30H25F3O3/c1-3-16-35-24-12-15-28(27(31)17-24)36-18-20-4-6-22(7-5-20)25-13-14-26(30(33)29(25)32)23-10-8-21(9-11-23)19(2)34/h3-15,17,19,34H,1,16,18H2,2H3. The fourth-order valence-corrected chi connectivity index (χ4v) is 3.72. The quantitative estimate of drug-likeness (QED) is 0.245. The summed E-state index contributed by atoms with van der Waals surface area (Å²) in [5.41, 5.74) is 2.72. The summed E-state index contributed by atoms with van der Waals surface area (Å²) in [5.74, 6) is -1.99. The van der Waals surface area contributed by atoms with Gasteiger partial charge in [-0.2, -0.15) is 0 Å². The molecular formula is C30H25F3O3. The van der Waals surface area contributed by atoms with Gasteiger partial charge in [0.2, 0.25) is 0 Å². The SMILES string of the molecule is C=CCOc1ccc(OCc2ccc(-c3ccc(-c4ccc(C(C)O)cc4)c(F)c3F)cc2)c(F)c1. The van der Waals surface area contributed by atoms with Crippen LogP contribution < -0.4 is 9.47 Å². The Kier molecular flexibility index (Phi) is 7.76. The molecule has 36 heavy (non-hydrogen) atoms. The Morgan fingerprint density at radius 1 is 0.806 bits per heavy atom. The van der Waals surface area contributed by atoms with Crippen molar-refractivity contribution < 1.29 is 27.8 Å². The molecule has 0 bridgehead atoms. The first-order valence-corrected chi connectivity index (χ1v) is 11.4. The van der Waals surface area contributed by atoms with E-state index in [4.69, 9.17) is 9.47 Å². The van der Waals surface area contributed by atoms with Crippen molar-refractivity contribution in [2.75, 3.05) is 6.61 Å². The van der Waals surface area contributed by atoms with E-state index in [1.807, 2.05) is 0 Å². The van der Waals surface area contributed by atoms with Gasteiger partial charge in [-0.05, 0) is 41.3 Å². The molecule has 184 valence electrons. The van der Waals surface area contributed by atoms with Crippen molar-refractivity contribution in [2.24, 2.45) is 0 Å². The molecule has 4 rings (SSSR count). The predicted octanol–water partition coefficient (Wildman–Crippen LogP) is 7.64. The van der Waals surface area contributed by atoms with Crippen molar-refractivity contribution in [2.45, 2.75) is 19.6 Å². The molecule has 0 fully saturated rings. The highest BCUT2D eigenvalue weighted by Crippen LogP contribution is 2.32. The van der Waals surface area contributed by atoms with Crippen molar-refractivity contribution >= 4 is 0 Å². The summed E-state index contributed by atoms with van der Waals surface area (Å²) >= 11 is 0. The summed E-state index contributed by atoms with van der Waals surface area (Å²) in [7, 11) is 0. The van der Waals surface area contributed by atoms with E-state index >= 15 is 0 Å². The van der Waals surface area contributed by atoms with E-state index in [1.165, 1.54) is 24.3 Å². The highest BCUT2D eigenvalue weighted by atomic mass is 19.2. The zero-order valence-corrected chi connectivity index (χ0v) is 19.7. The molecule has 0 amide bonds. The minimum Gasteiger partial charge on any atom is -0.489 e. The molecule has 0 aromatic heterocycles. The molecule has 0 saturated carbocycles. The van der Waals surface area contributed by atoms with Crippen molar-refractivity contribution in [3.8, 4) is 33.8 Å². The fourth-order valence-electron chi connectivity index (χ4n) is 3.72.